The molecule has 0 aromatic heterocycles. The number of aliphatic imine (C=N–C) groups is 1. The van der Waals surface area contributed by atoms with E-state index in [1.807, 2.05) is 0 Å². The number of allylic oxidation sites excluding steroid dienone is 1. The first kappa shape index (κ1) is 21.1. The van der Waals surface area contributed by atoms with Crippen LogP contribution in [0.5, 0.6) is 0 Å². The average molecular weight is 304 g/mol. The van der Waals surface area contributed by atoms with E-state index in [1.54, 1.807) is 6.92 Å². The van der Waals surface area contributed by atoms with Gasteiger partial charge in [0.15, 0.2) is 0 Å². The van der Waals surface area contributed by atoms with Crippen molar-refractivity contribution in [3.05, 3.63) is 11.9 Å². The van der Waals surface area contributed by atoms with Gasteiger partial charge in [-0.05, 0) is 26.8 Å². The Labute approximate surface area is 123 Å². The summed E-state index contributed by atoms with van der Waals surface area (Å²) in [6, 6.07) is 0. The molecular formula is C11H25FN8O. The maximum absolute atomic E-state index is 13.1. The Balaban J connectivity index is 0. The van der Waals surface area contributed by atoms with Gasteiger partial charge < -0.3 is 17.3 Å². The molecule has 9 nitrogen and oxygen atoms in total. The van der Waals surface area contributed by atoms with Crippen LogP contribution in [0.15, 0.2) is 22.0 Å². The van der Waals surface area contributed by atoms with Gasteiger partial charge in [-0.15, -0.1) is 5.10 Å². The highest BCUT2D eigenvalue weighted by Gasteiger charge is 2.03. The number of unbranched alkanes of at least 4 members (excludes halogenated alkanes) is 1. The molecule has 0 spiro atoms. The molecular weight excluding hydrogens is 279 g/mol. The van der Waals surface area contributed by atoms with Crippen molar-refractivity contribution in [1.82, 2.24) is 10.7 Å². The van der Waals surface area contributed by atoms with Crippen molar-refractivity contribution in [3.8, 4) is 0 Å². The number of carbonyl (C=O) groups is 1. The second kappa shape index (κ2) is 14.2. The summed E-state index contributed by atoms with van der Waals surface area (Å²) < 4.78 is 13.1. The van der Waals surface area contributed by atoms with Gasteiger partial charge in [-0.25, -0.2) is 10.2 Å². The molecule has 1 amide bonds. The molecule has 0 rings (SSSR count). The fraction of sp³-hybridized carbons (Fsp3) is 0.545. The SMILES string of the molecule is CC(N)=NC/C(F)=C\CCCC(=O)N/C(=N/N)NN.CN. The fourth-order valence-corrected chi connectivity index (χ4v) is 1.09. The van der Waals surface area contributed by atoms with Gasteiger partial charge in [0.2, 0.25) is 11.9 Å². The van der Waals surface area contributed by atoms with Gasteiger partial charge in [0, 0.05) is 6.42 Å². The number of amidine groups is 1. The van der Waals surface area contributed by atoms with Crippen LogP contribution in [0.2, 0.25) is 0 Å². The Morgan fingerprint density at radius 1 is 1.38 bits per heavy atom. The number of rotatable bonds is 6. The Bertz CT molecular complexity index is 376. The fourth-order valence-electron chi connectivity index (χ4n) is 1.09. The third-order valence-corrected chi connectivity index (χ3v) is 1.98. The van der Waals surface area contributed by atoms with E-state index in [-0.39, 0.29) is 30.7 Å². The van der Waals surface area contributed by atoms with E-state index in [0.29, 0.717) is 18.7 Å². The molecule has 0 bridgehead atoms. The quantitative estimate of drug-likeness (QED) is 0.118. The van der Waals surface area contributed by atoms with Crippen molar-refractivity contribution < 1.29 is 9.18 Å². The van der Waals surface area contributed by atoms with Crippen LogP contribution in [0, 0.1) is 0 Å². The number of nitrogens with two attached hydrogens (primary N) is 4. The second-order valence-electron chi connectivity index (χ2n) is 3.67. The number of nitrogens with zero attached hydrogens (tertiary/aromatic N) is 2. The Kier molecular flexibility index (Phi) is 14.3. The minimum atomic E-state index is -0.377. The van der Waals surface area contributed by atoms with E-state index in [1.165, 1.54) is 13.1 Å². The Morgan fingerprint density at radius 3 is 2.48 bits per heavy atom. The van der Waals surface area contributed by atoms with Gasteiger partial charge in [-0.2, -0.15) is 0 Å². The lowest BCUT2D eigenvalue weighted by molar-refractivity contribution is -0.119. The molecule has 10 heteroatoms. The van der Waals surface area contributed by atoms with Crippen LogP contribution in [-0.2, 0) is 4.79 Å². The molecule has 0 saturated heterocycles. The summed E-state index contributed by atoms with van der Waals surface area (Å²) in [6.07, 6.45) is 2.47. The Morgan fingerprint density at radius 2 is 2.00 bits per heavy atom. The van der Waals surface area contributed by atoms with Crippen molar-refractivity contribution in [2.75, 3.05) is 13.6 Å². The summed E-state index contributed by atoms with van der Waals surface area (Å²) in [5.74, 6) is 9.57. The highest BCUT2D eigenvalue weighted by atomic mass is 19.1. The first-order chi connectivity index (χ1) is 9.99. The van der Waals surface area contributed by atoms with Gasteiger partial charge >= 0.3 is 0 Å². The van der Waals surface area contributed by atoms with Crippen molar-refractivity contribution in [3.63, 3.8) is 0 Å². The number of hydrazone groups is 1. The van der Waals surface area contributed by atoms with E-state index < -0.39 is 0 Å². The molecule has 0 aliphatic carbocycles. The average Bonchev–Trinajstić information content (AvgIpc) is 2.49. The Hall–Kier alpha value is -2.20. The summed E-state index contributed by atoms with van der Waals surface area (Å²) in [5, 5.41) is 5.54. The van der Waals surface area contributed by atoms with Gasteiger partial charge in [0.1, 0.15) is 5.83 Å². The number of hydrogen-bond donors (Lipinski definition) is 6. The topological polar surface area (TPSA) is 170 Å². The molecule has 0 fully saturated rings. The van der Waals surface area contributed by atoms with Crippen LogP contribution in [0.25, 0.3) is 0 Å². The summed E-state index contributed by atoms with van der Waals surface area (Å²) in [7, 11) is 1.50. The van der Waals surface area contributed by atoms with Crippen LogP contribution in [0.3, 0.4) is 0 Å². The lowest BCUT2D eigenvalue weighted by Crippen LogP contribution is -2.45. The van der Waals surface area contributed by atoms with E-state index in [0.717, 1.165) is 0 Å². The molecule has 0 radical (unpaired) electrons. The molecule has 21 heavy (non-hydrogen) atoms. The molecule has 0 aliphatic rings. The lowest BCUT2D eigenvalue weighted by Gasteiger charge is -2.05. The van der Waals surface area contributed by atoms with Gasteiger partial charge in [0.25, 0.3) is 0 Å². The van der Waals surface area contributed by atoms with E-state index in [2.05, 4.69) is 26.6 Å². The summed E-state index contributed by atoms with van der Waals surface area (Å²) >= 11 is 0. The minimum Gasteiger partial charge on any atom is -0.388 e. The van der Waals surface area contributed by atoms with Crippen LogP contribution in [-0.4, -0.2) is 31.3 Å². The van der Waals surface area contributed by atoms with Crippen molar-refractivity contribution in [2.45, 2.75) is 26.2 Å². The van der Waals surface area contributed by atoms with E-state index >= 15 is 0 Å². The summed E-state index contributed by atoms with van der Waals surface area (Å²) in [5.41, 5.74) is 11.9. The zero-order valence-electron chi connectivity index (χ0n) is 12.4. The molecule has 0 unspecified atom stereocenters. The molecule has 10 N–H and O–H groups in total. The van der Waals surface area contributed by atoms with Crippen molar-refractivity contribution in [1.29, 1.82) is 0 Å². The minimum absolute atomic E-state index is 0.0283. The number of hydrogen-bond acceptors (Lipinski definition) is 6. The number of halogens is 1. The number of amides is 1. The van der Waals surface area contributed by atoms with Gasteiger partial charge in [0.05, 0.1) is 12.4 Å². The maximum atomic E-state index is 13.1. The standard InChI is InChI=1S/C10H20FN7O.CH5N/c1-7(12)15-6-8(11)4-2-3-5-9(19)16-10(17-13)18-14;1-2/h4H,2-3,5-6,13-14H2,1H3,(H2,12,15)(H2,16,17,18,19);2H2,1H3/b8-4+;. The first-order valence-electron chi connectivity index (χ1n) is 6.22. The lowest BCUT2D eigenvalue weighted by atomic mass is 10.2. The third-order valence-electron chi connectivity index (χ3n) is 1.98. The molecule has 122 valence electrons. The zero-order chi connectivity index (χ0) is 16.7. The monoisotopic (exact) mass is 304 g/mol. The zero-order valence-corrected chi connectivity index (χ0v) is 12.4. The highest BCUT2D eigenvalue weighted by molar-refractivity contribution is 5.96. The third kappa shape index (κ3) is 14.0. The number of hydrazine groups is 1. The molecule has 0 atom stereocenters. The number of carbonyl (C=O) groups excluding carboxylic acids is 1. The van der Waals surface area contributed by atoms with E-state index in [9.17, 15) is 9.18 Å². The van der Waals surface area contributed by atoms with Crippen LogP contribution in [0.1, 0.15) is 26.2 Å². The van der Waals surface area contributed by atoms with Crippen molar-refractivity contribution in [2.24, 2.45) is 33.2 Å². The second-order valence-corrected chi connectivity index (χ2v) is 3.67. The van der Waals surface area contributed by atoms with Crippen molar-refractivity contribution >= 4 is 17.7 Å². The van der Waals surface area contributed by atoms with Gasteiger partial charge in [-0.3, -0.25) is 20.5 Å². The largest absolute Gasteiger partial charge is 0.388 e. The summed E-state index contributed by atoms with van der Waals surface area (Å²) in [6.45, 7) is 1.51. The normalized spacial score (nSPS) is 12.3. The van der Waals surface area contributed by atoms with Gasteiger partial charge in [-0.1, -0.05) is 6.08 Å². The molecule has 0 aliphatic heterocycles. The molecule has 0 heterocycles. The van der Waals surface area contributed by atoms with Crippen LogP contribution < -0.4 is 33.9 Å². The highest BCUT2D eigenvalue weighted by Crippen LogP contribution is 2.03. The molecule has 0 saturated carbocycles. The van der Waals surface area contributed by atoms with E-state index in [4.69, 9.17) is 17.4 Å². The first-order valence-corrected chi connectivity index (χ1v) is 6.22. The molecule has 0 aromatic carbocycles. The van der Waals surface area contributed by atoms with Crippen LogP contribution in [0.4, 0.5) is 4.39 Å². The smallest absolute Gasteiger partial charge is 0.234 e. The predicted octanol–water partition coefficient (Wildman–Crippen LogP) is -1.23. The van der Waals surface area contributed by atoms with Crippen LogP contribution >= 0.6 is 0 Å². The molecule has 0 aromatic rings. The number of guanidine groups is 1. The summed E-state index contributed by atoms with van der Waals surface area (Å²) in [4.78, 5) is 15.1. The maximum Gasteiger partial charge on any atom is 0.234 e. The predicted molar refractivity (Wildman–Crippen MR) is 82.4 cm³/mol. The number of nitrogens with one attached hydrogen (secondary N) is 2.